The minimum absolute atomic E-state index is 0.0655. The quantitative estimate of drug-likeness (QED) is 0.671. The van der Waals surface area contributed by atoms with Crippen molar-refractivity contribution in [3.05, 3.63) is 29.3 Å². The fourth-order valence-corrected chi connectivity index (χ4v) is 1.33. The lowest BCUT2D eigenvalue weighted by atomic mass is 9.84. The molecule has 0 aromatic heterocycles. The molecule has 0 amide bonds. The molecule has 1 aromatic rings. The van der Waals surface area contributed by atoms with Crippen LogP contribution < -0.4 is 0 Å². The van der Waals surface area contributed by atoms with Gasteiger partial charge in [0.05, 0.1) is 0 Å². The SMILES string of the molecule is CC(C)(C)c1ccc(O)cc1C=O. The first-order chi connectivity index (χ1) is 5.95. The Morgan fingerprint density at radius 1 is 1.31 bits per heavy atom. The second-order valence-electron chi connectivity index (χ2n) is 4.14. The highest BCUT2D eigenvalue weighted by Crippen LogP contribution is 2.27. The normalized spacial score (nSPS) is 11.3. The van der Waals surface area contributed by atoms with Gasteiger partial charge in [-0.15, -0.1) is 0 Å². The topological polar surface area (TPSA) is 37.3 Å². The van der Waals surface area contributed by atoms with E-state index in [1.54, 1.807) is 12.1 Å². The minimum Gasteiger partial charge on any atom is -0.508 e. The van der Waals surface area contributed by atoms with E-state index >= 15 is 0 Å². The Morgan fingerprint density at radius 2 is 1.92 bits per heavy atom. The highest BCUT2D eigenvalue weighted by atomic mass is 16.3. The molecule has 13 heavy (non-hydrogen) atoms. The highest BCUT2D eigenvalue weighted by Gasteiger charge is 2.17. The molecule has 0 saturated heterocycles. The number of aromatic hydroxyl groups is 1. The lowest BCUT2D eigenvalue weighted by Gasteiger charge is -2.20. The van der Waals surface area contributed by atoms with Gasteiger partial charge in [-0.2, -0.15) is 0 Å². The molecule has 2 heteroatoms. The first kappa shape index (κ1) is 9.78. The van der Waals surface area contributed by atoms with Crippen molar-refractivity contribution in [2.24, 2.45) is 0 Å². The lowest BCUT2D eigenvalue weighted by Crippen LogP contribution is -2.13. The third-order valence-corrected chi connectivity index (χ3v) is 1.97. The number of phenolic OH excluding ortho intramolecular Hbond substituents is 1. The number of aldehydes is 1. The summed E-state index contributed by atoms with van der Waals surface area (Å²) in [7, 11) is 0. The fourth-order valence-electron chi connectivity index (χ4n) is 1.33. The number of carbonyl (C=O) groups excluding carboxylic acids is 1. The van der Waals surface area contributed by atoms with E-state index in [-0.39, 0.29) is 11.2 Å². The van der Waals surface area contributed by atoms with Crippen LogP contribution >= 0.6 is 0 Å². The van der Waals surface area contributed by atoms with Crippen LogP contribution in [-0.2, 0) is 5.41 Å². The fraction of sp³-hybridized carbons (Fsp3) is 0.364. The molecule has 0 spiro atoms. The Kier molecular flexibility index (Phi) is 2.41. The second kappa shape index (κ2) is 3.21. The number of hydrogen-bond acceptors (Lipinski definition) is 2. The second-order valence-corrected chi connectivity index (χ2v) is 4.14. The van der Waals surface area contributed by atoms with E-state index in [0.29, 0.717) is 5.56 Å². The van der Waals surface area contributed by atoms with Gasteiger partial charge in [-0.25, -0.2) is 0 Å². The van der Waals surface area contributed by atoms with Crippen molar-refractivity contribution in [2.75, 3.05) is 0 Å². The Labute approximate surface area is 78.2 Å². The van der Waals surface area contributed by atoms with Crippen molar-refractivity contribution in [1.82, 2.24) is 0 Å². The Bertz CT molecular complexity index is 321. The summed E-state index contributed by atoms with van der Waals surface area (Å²) < 4.78 is 0. The summed E-state index contributed by atoms with van der Waals surface area (Å²) in [6, 6.07) is 4.89. The summed E-state index contributed by atoms with van der Waals surface area (Å²) in [4.78, 5) is 10.7. The van der Waals surface area contributed by atoms with Gasteiger partial charge in [0, 0.05) is 5.56 Å². The van der Waals surface area contributed by atoms with Crippen LogP contribution in [0.5, 0.6) is 5.75 Å². The van der Waals surface area contributed by atoms with E-state index in [1.807, 2.05) is 20.8 Å². The van der Waals surface area contributed by atoms with Gasteiger partial charge in [-0.05, 0) is 23.1 Å². The molecule has 0 saturated carbocycles. The first-order valence-corrected chi connectivity index (χ1v) is 4.24. The monoisotopic (exact) mass is 178 g/mol. The summed E-state index contributed by atoms with van der Waals surface area (Å²) in [5, 5.41) is 9.18. The summed E-state index contributed by atoms with van der Waals surface area (Å²) in [5.74, 6) is 0.134. The summed E-state index contributed by atoms with van der Waals surface area (Å²) >= 11 is 0. The van der Waals surface area contributed by atoms with Crippen LogP contribution in [-0.4, -0.2) is 11.4 Å². The molecule has 2 nitrogen and oxygen atoms in total. The molecule has 0 aliphatic heterocycles. The smallest absolute Gasteiger partial charge is 0.150 e. The molecule has 0 fully saturated rings. The average Bonchev–Trinajstić information content (AvgIpc) is 2.01. The standard InChI is InChI=1S/C11H14O2/c1-11(2,3)10-5-4-9(13)6-8(10)7-12/h4-7,13H,1-3H3. The summed E-state index contributed by atoms with van der Waals surface area (Å²) in [5.41, 5.74) is 1.46. The molecule has 0 heterocycles. The van der Waals surface area contributed by atoms with Crippen LogP contribution in [0.3, 0.4) is 0 Å². The Balaban J connectivity index is 3.29. The van der Waals surface area contributed by atoms with Gasteiger partial charge in [-0.3, -0.25) is 4.79 Å². The zero-order valence-electron chi connectivity index (χ0n) is 8.16. The van der Waals surface area contributed by atoms with Crippen molar-refractivity contribution in [3.8, 4) is 5.75 Å². The molecular weight excluding hydrogens is 164 g/mol. The maximum absolute atomic E-state index is 10.7. The lowest BCUT2D eigenvalue weighted by molar-refractivity contribution is 0.112. The van der Waals surface area contributed by atoms with Crippen LogP contribution in [0.2, 0.25) is 0 Å². The van der Waals surface area contributed by atoms with E-state index < -0.39 is 0 Å². The van der Waals surface area contributed by atoms with Crippen molar-refractivity contribution < 1.29 is 9.90 Å². The molecule has 1 N–H and O–H groups in total. The van der Waals surface area contributed by atoms with Gasteiger partial charge in [-0.1, -0.05) is 26.8 Å². The Hall–Kier alpha value is -1.31. The third-order valence-electron chi connectivity index (χ3n) is 1.97. The number of hydrogen-bond donors (Lipinski definition) is 1. The van der Waals surface area contributed by atoms with E-state index in [0.717, 1.165) is 11.8 Å². The molecule has 0 bridgehead atoms. The maximum Gasteiger partial charge on any atom is 0.150 e. The highest BCUT2D eigenvalue weighted by molar-refractivity contribution is 5.78. The van der Waals surface area contributed by atoms with Gasteiger partial charge in [0.1, 0.15) is 12.0 Å². The molecule has 0 radical (unpaired) electrons. The van der Waals surface area contributed by atoms with Crippen molar-refractivity contribution >= 4 is 6.29 Å². The molecule has 1 aromatic carbocycles. The van der Waals surface area contributed by atoms with Crippen molar-refractivity contribution in [1.29, 1.82) is 0 Å². The molecule has 0 unspecified atom stereocenters. The predicted octanol–water partition coefficient (Wildman–Crippen LogP) is 2.50. The molecule has 0 atom stereocenters. The zero-order valence-corrected chi connectivity index (χ0v) is 8.16. The minimum atomic E-state index is -0.0655. The maximum atomic E-state index is 10.7. The average molecular weight is 178 g/mol. The van der Waals surface area contributed by atoms with E-state index in [9.17, 15) is 9.90 Å². The van der Waals surface area contributed by atoms with Crippen LogP contribution in [0.25, 0.3) is 0 Å². The van der Waals surface area contributed by atoms with Gasteiger partial charge in [0.2, 0.25) is 0 Å². The molecule has 0 aliphatic rings. The van der Waals surface area contributed by atoms with Gasteiger partial charge >= 0.3 is 0 Å². The van der Waals surface area contributed by atoms with Crippen molar-refractivity contribution in [2.45, 2.75) is 26.2 Å². The van der Waals surface area contributed by atoms with Crippen molar-refractivity contribution in [3.63, 3.8) is 0 Å². The summed E-state index contributed by atoms with van der Waals surface area (Å²) in [6.07, 6.45) is 0.778. The number of carbonyl (C=O) groups is 1. The molecule has 0 aliphatic carbocycles. The predicted molar refractivity (Wildman–Crippen MR) is 52.2 cm³/mol. The van der Waals surface area contributed by atoms with E-state index in [2.05, 4.69) is 0 Å². The van der Waals surface area contributed by atoms with Crippen LogP contribution in [0.1, 0.15) is 36.7 Å². The van der Waals surface area contributed by atoms with Crippen LogP contribution in [0, 0.1) is 0 Å². The summed E-state index contributed by atoms with van der Waals surface area (Å²) in [6.45, 7) is 6.10. The largest absolute Gasteiger partial charge is 0.508 e. The number of benzene rings is 1. The Morgan fingerprint density at radius 3 is 2.38 bits per heavy atom. The van der Waals surface area contributed by atoms with Gasteiger partial charge < -0.3 is 5.11 Å². The molecular formula is C11H14O2. The number of rotatable bonds is 1. The number of phenols is 1. The van der Waals surface area contributed by atoms with E-state index in [1.165, 1.54) is 6.07 Å². The van der Waals surface area contributed by atoms with Crippen LogP contribution in [0.4, 0.5) is 0 Å². The van der Waals surface area contributed by atoms with Gasteiger partial charge in [0.25, 0.3) is 0 Å². The first-order valence-electron chi connectivity index (χ1n) is 4.24. The van der Waals surface area contributed by atoms with Crippen LogP contribution in [0.15, 0.2) is 18.2 Å². The van der Waals surface area contributed by atoms with Gasteiger partial charge in [0.15, 0.2) is 0 Å². The molecule has 1 rings (SSSR count). The molecule has 70 valence electrons. The third kappa shape index (κ3) is 2.08. The zero-order chi connectivity index (χ0) is 10.1. The van der Waals surface area contributed by atoms with E-state index in [4.69, 9.17) is 0 Å².